The van der Waals surface area contributed by atoms with Gasteiger partial charge in [-0.1, -0.05) is 23.7 Å². The zero-order valence-electron chi connectivity index (χ0n) is 9.56. The van der Waals surface area contributed by atoms with Gasteiger partial charge in [0, 0.05) is 24.8 Å². The van der Waals surface area contributed by atoms with E-state index >= 15 is 0 Å². The minimum absolute atomic E-state index is 0.0508. The maximum atomic E-state index is 11.4. The number of urea groups is 1. The van der Waals surface area contributed by atoms with Crippen LogP contribution in [-0.2, 0) is 0 Å². The first kappa shape index (κ1) is 13.5. The number of carbonyl (C=O) groups excluding carboxylic acids is 1. The highest BCUT2D eigenvalue weighted by Gasteiger charge is 2.03. The number of aliphatic hydroxyl groups is 1. The summed E-state index contributed by atoms with van der Waals surface area (Å²) in [4.78, 5) is 12.8. The number of rotatable bonds is 4. The van der Waals surface area contributed by atoms with E-state index in [-0.39, 0.29) is 12.6 Å². The second kappa shape index (κ2) is 6.93. The normalized spacial score (nSPS) is 10.5. The van der Waals surface area contributed by atoms with Crippen molar-refractivity contribution in [1.82, 2.24) is 10.2 Å². The molecule has 2 amide bonds. The number of nitrogens with one attached hydrogen (secondary N) is 1. The maximum Gasteiger partial charge on any atom is 0.321 e. The Kier molecular flexibility index (Phi) is 5.52. The van der Waals surface area contributed by atoms with Crippen molar-refractivity contribution in [1.29, 1.82) is 0 Å². The van der Waals surface area contributed by atoms with Gasteiger partial charge in [0.1, 0.15) is 0 Å². The average molecular weight is 255 g/mol. The van der Waals surface area contributed by atoms with Crippen LogP contribution in [-0.4, -0.2) is 36.2 Å². The average Bonchev–Trinajstić information content (AvgIpc) is 2.32. The van der Waals surface area contributed by atoms with Gasteiger partial charge in [0.2, 0.25) is 0 Å². The number of amides is 2. The second-order valence-electron chi connectivity index (χ2n) is 3.48. The topological polar surface area (TPSA) is 52.6 Å². The summed E-state index contributed by atoms with van der Waals surface area (Å²) in [6, 6.07) is 7.00. The van der Waals surface area contributed by atoms with E-state index in [0.29, 0.717) is 11.6 Å². The molecular formula is C12H15ClN2O2. The highest BCUT2D eigenvalue weighted by atomic mass is 35.5. The van der Waals surface area contributed by atoms with E-state index in [4.69, 9.17) is 16.7 Å². The number of nitrogens with zero attached hydrogens (tertiary/aromatic N) is 1. The summed E-state index contributed by atoms with van der Waals surface area (Å²) in [5.74, 6) is 0. The van der Waals surface area contributed by atoms with E-state index in [1.165, 1.54) is 4.90 Å². The van der Waals surface area contributed by atoms with Crippen molar-refractivity contribution in [2.24, 2.45) is 0 Å². The third kappa shape index (κ3) is 4.89. The van der Waals surface area contributed by atoms with E-state index in [1.54, 1.807) is 31.5 Å². The van der Waals surface area contributed by atoms with E-state index in [2.05, 4.69) is 5.32 Å². The summed E-state index contributed by atoms with van der Waals surface area (Å²) in [6.07, 6.45) is 3.32. The van der Waals surface area contributed by atoms with Gasteiger partial charge in [-0.2, -0.15) is 0 Å². The van der Waals surface area contributed by atoms with Crippen LogP contribution in [0.2, 0.25) is 5.02 Å². The van der Waals surface area contributed by atoms with Crippen LogP contribution in [0.1, 0.15) is 5.56 Å². The lowest BCUT2D eigenvalue weighted by Gasteiger charge is -2.14. The first-order valence-corrected chi connectivity index (χ1v) is 5.56. The largest absolute Gasteiger partial charge is 0.395 e. The molecule has 0 heterocycles. The van der Waals surface area contributed by atoms with Gasteiger partial charge in [0.05, 0.1) is 6.61 Å². The zero-order chi connectivity index (χ0) is 12.7. The summed E-state index contributed by atoms with van der Waals surface area (Å²) >= 11 is 5.75. The van der Waals surface area contributed by atoms with Crippen LogP contribution in [0.25, 0.3) is 6.08 Å². The molecule has 1 aromatic rings. The molecule has 0 saturated heterocycles. The van der Waals surface area contributed by atoms with Crippen molar-refractivity contribution >= 4 is 23.7 Å². The fourth-order valence-corrected chi connectivity index (χ4v) is 1.27. The number of aliphatic hydroxyl groups excluding tert-OH is 1. The van der Waals surface area contributed by atoms with Gasteiger partial charge in [-0.3, -0.25) is 0 Å². The van der Waals surface area contributed by atoms with Crippen LogP contribution >= 0.6 is 11.6 Å². The Morgan fingerprint density at radius 3 is 2.71 bits per heavy atom. The third-order valence-electron chi connectivity index (χ3n) is 2.13. The molecule has 1 rings (SSSR count). The van der Waals surface area contributed by atoms with Gasteiger partial charge in [0.25, 0.3) is 0 Å². The number of hydrogen-bond acceptors (Lipinski definition) is 2. The summed E-state index contributed by atoms with van der Waals surface area (Å²) in [5.41, 5.74) is 0.944. The van der Waals surface area contributed by atoms with Crippen molar-refractivity contribution in [3.8, 4) is 0 Å². The fourth-order valence-electron chi connectivity index (χ4n) is 1.14. The van der Waals surface area contributed by atoms with Crippen molar-refractivity contribution < 1.29 is 9.90 Å². The molecule has 0 aliphatic carbocycles. The Morgan fingerprint density at radius 1 is 1.47 bits per heavy atom. The van der Waals surface area contributed by atoms with Crippen molar-refractivity contribution in [3.05, 3.63) is 41.1 Å². The Hall–Kier alpha value is -1.52. The lowest BCUT2D eigenvalue weighted by molar-refractivity contribution is 0.194. The molecule has 0 radical (unpaired) electrons. The molecule has 1 aromatic carbocycles. The predicted octanol–water partition coefficient (Wildman–Crippen LogP) is 1.94. The monoisotopic (exact) mass is 254 g/mol. The smallest absolute Gasteiger partial charge is 0.321 e. The van der Waals surface area contributed by atoms with Crippen LogP contribution in [0.3, 0.4) is 0 Å². The van der Waals surface area contributed by atoms with Gasteiger partial charge in [-0.05, 0) is 23.8 Å². The molecule has 5 heteroatoms. The maximum absolute atomic E-state index is 11.4. The van der Waals surface area contributed by atoms with E-state index in [1.807, 2.05) is 12.1 Å². The van der Waals surface area contributed by atoms with Crippen molar-refractivity contribution in [3.63, 3.8) is 0 Å². The summed E-state index contributed by atoms with van der Waals surface area (Å²) in [6.45, 7) is 0.255. The molecule has 4 nitrogen and oxygen atoms in total. The Morgan fingerprint density at radius 2 is 2.12 bits per heavy atom. The summed E-state index contributed by atoms with van der Waals surface area (Å²) < 4.78 is 0. The molecule has 0 saturated carbocycles. The summed E-state index contributed by atoms with van der Waals surface area (Å²) in [5, 5.41) is 11.9. The molecule has 0 aliphatic heterocycles. The van der Waals surface area contributed by atoms with Crippen LogP contribution < -0.4 is 5.32 Å². The van der Waals surface area contributed by atoms with Crippen LogP contribution in [0.4, 0.5) is 4.79 Å². The molecule has 0 spiro atoms. The molecule has 0 aromatic heterocycles. The third-order valence-corrected chi connectivity index (χ3v) is 2.39. The quantitative estimate of drug-likeness (QED) is 0.863. The molecular weight excluding hydrogens is 240 g/mol. The summed E-state index contributed by atoms with van der Waals surface area (Å²) in [7, 11) is 1.61. The minimum Gasteiger partial charge on any atom is -0.395 e. The molecule has 0 bridgehead atoms. The number of likely N-dealkylation sites (N-methyl/N-ethyl adjacent to an activating group) is 1. The standard InChI is InChI=1S/C12H15ClN2O2/c1-15(8-9-16)12(17)14-7-6-10-2-4-11(13)5-3-10/h2-7,16H,8-9H2,1H3,(H,14,17)/b7-6+. The Bertz CT molecular complexity index is 390. The molecule has 0 unspecified atom stereocenters. The lowest BCUT2D eigenvalue weighted by atomic mass is 10.2. The van der Waals surface area contributed by atoms with Gasteiger partial charge < -0.3 is 15.3 Å². The molecule has 92 valence electrons. The van der Waals surface area contributed by atoms with Gasteiger partial charge >= 0.3 is 6.03 Å². The van der Waals surface area contributed by atoms with E-state index in [0.717, 1.165) is 5.56 Å². The highest BCUT2D eigenvalue weighted by molar-refractivity contribution is 6.30. The number of hydrogen-bond donors (Lipinski definition) is 2. The van der Waals surface area contributed by atoms with Crippen LogP contribution in [0.5, 0.6) is 0 Å². The highest BCUT2D eigenvalue weighted by Crippen LogP contribution is 2.10. The minimum atomic E-state index is -0.260. The number of halogens is 1. The van der Waals surface area contributed by atoms with Crippen LogP contribution in [0.15, 0.2) is 30.5 Å². The molecule has 2 N–H and O–H groups in total. The number of benzene rings is 1. The van der Waals surface area contributed by atoms with Crippen molar-refractivity contribution in [2.45, 2.75) is 0 Å². The predicted molar refractivity (Wildman–Crippen MR) is 68.7 cm³/mol. The molecule has 0 atom stereocenters. The second-order valence-corrected chi connectivity index (χ2v) is 3.92. The zero-order valence-corrected chi connectivity index (χ0v) is 10.3. The molecule has 0 aliphatic rings. The van der Waals surface area contributed by atoms with E-state index in [9.17, 15) is 4.79 Å². The van der Waals surface area contributed by atoms with Gasteiger partial charge in [-0.25, -0.2) is 4.79 Å². The van der Waals surface area contributed by atoms with Gasteiger partial charge in [-0.15, -0.1) is 0 Å². The Balaban J connectivity index is 2.44. The first-order chi connectivity index (χ1) is 8.13. The lowest BCUT2D eigenvalue weighted by Crippen LogP contribution is -2.36. The first-order valence-electron chi connectivity index (χ1n) is 5.18. The Labute approximate surface area is 106 Å². The van der Waals surface area contributed by atoms with Crippen LogP contribution in [0, 0.1) is 0 Å². The molecule has 0 fully saturated rings. The number of carbonyl (C=O) groups is 1. The van der Waals surface area contributed by atoms with E-state index < -0.39 is 0 Å². The van der Waals surface area contributed by atoms with Gasteiger partial charge in [0.15, 0.2) is 0 Å². The molecule has 17 heavy (non-hydrogen) atoms. The fraction of sp³-hybridized carbons (Fsp3) is 0.250. The van der Waals surface area contributed by atoms with Crippen molar-refractivity contribution in [2.75, 3.05) is 20.2 Å². The SMILES string of the molecule is CN(CCO)C(=O)N/C=C/c1ccc(Cl)cc1.